The zero-order valence-corrected chi connectivity index (χ0v) is 16.4. The van der Waals surface area contributed by atoms with Gasteiger partial charge in [-0.1, -0.05) is 0 Å². The standard InChI is InChI=1S/C18H26N4O3S/c1-14-12-16(25-4)7-8-17(14)26(23,24)21-15-6-9-18(20-13-15)19-10-5-11-22(2)3/h6-9,12-13,21H,5,10-11H2,1-4H3,(H,19,20). The van der Waals surface area contributed by atoms with E-state index in [2.05, 4.69) is 19.9 Å². The van der Waals surface area contributed by atoms with Crippen molar-refractivity contribution in [3.05, 3.63) is 42.1 Å². The maximum atomic E-state index is 12.6. The van der Waals surface area contributed by atoms with Gasteiger partial charge in [-0.25, -0.2) is 13.4 Å². The van der Waals surface area contributed by atoms with Crippen molar-refractivity contribution >= 4 is 21.5 Å². The molecule has 26 heavy (non-hydrogen) atoms. The van der Waals surface area contributed by atoms with Crippen molar-refractivity contribution in [3.8, 4) is 5.75 Å². The van der Waals surface area contributed by atoms with Gasteiger partial charge in [-0.3, -0.25) is 4.72 Å². The Hall–Kier alpha value is -2.32. The number of nitrogens with one attached hydrogen (secondary N) is 2. The van der Waals surface area contributed by atoms with Gasteiger partial charge in [0, 0.05) is 6.54 Å². The van der Waals surface area contributed by atoms with E-state index in [0.29, 0.717) is 22.8 Å². The Kier molecular flexibility index (Phi) is 6.82. The molecule has 0 amide bonds. The maximum absolute atomic E-state index is 12.6. The number of hydrogen-bond acceptors (Lipinski definition) is 6. The summed E-state index contributed by atoms with van der Waals surface area (Å²) in [6.45, 7) is 3.53. The van der Waals surface area contributed by atoms with Gasteiger partial charge in [0.2, 0.25) is 0 Å². The van der Waals surface area contributed by atoms with Crippen LogP contribution in [0.25, 0.3) is 0 Å². The first-order chi connectivity index (χ1) is 12.3. The first-order valence-electron chi connectivity index (χ1n) is 8.34. The normalized spacial score (nSPS) is 11.4. The molecule has 0 saturated heterocycles. The average molecular weight is 378 g/mol. The van der Waals surface area contributed by atoms with Gasteiger partial charge in [-0.05, 0) is 69.9 Å². The van der Waals surface area contributed by atoms with Crippen LogP contribution in [0.1, 0.15) is 12.0 Å². The zero-order valence-electron chi connectivity index (χ0n) is 15.6. The van der Waals surface area contributed by atoms with Crippen molar-refractivity contribution in [2.45, 2.75) is 18.2 Å². The molecule has 2 rings (SSSR count). The zero-order chi connectivity index (χ0) is 19.2. The van der Waals surface area contributed by atoms with Crippen molar-refractivity contribution in [1.82, 2.24) is 9.88 Å². The molecule has 8 heteroatoms. The molecule has 0 aliphatic carbocycles. The lowest BCUT2D eigenvalue weighted by Gasteiger charge is -2.12. The van der Waals surface area contributed by atoms with Gasteiger partial charge in [0.25, 0.3) is 10.0 Å². The summed E-state index contributed by atoms with van der Waals surface area (Å²) in [7, 11) is 1.92. The fourth-order valence-electron chi connectivity index (χ4n) is 2.43. The number of aryl methyl sites for hydroxylation is 1. The summed E-state index contributed by atoms with van der Waals surface area (Å²) < 4.78 is 32.8. The SMILES string of the molecule is COc1ccc(S(=O)(=O)Nc2ccc(NCCCN(C)C)nc2)c(C)c1. The number of sulfonamides is 1. The van der Waals surface area contributed by atoms with Crippen molar-refractivity contribution in [2.24, 2.45) is 0 Å². The molecular formula is C18H26N4O3S. The fraction of sp³-hybridized carbons (Fsp3) is 0.389. The fourth-order valence-corrected chi connectivity index (χ4v) is 3.70. The molecule has 1 aromatic heterocycles. The van der Waals surface area contributed by atoms with E-state index < -0.39 is 10.0 Å². The van der Waals surface area contributed by atoms with Crippen LogP contribution in [0.2, 0.25) is 0 Å². The van der Waals surface area contributed by atoms with Crippen molar-refractivity contribution in [1.29, 1.82) is 0 Å². The number of nitrogens with zero attached hydrogens (tertiary/aromatic N) is 2. The Morgan fingerprint density at radius 3 is 2.54 bits per heavy atom. The molecule has 0 bridgehead atoms. The van der Waals surface area contributed by atoms with E-state index in [4.69, 9.17) is 4.74 Å². The van der Waals surface area contributed by atoms with E-state index in [9.17, 15) is 8.42 Å². The van der Waals surface area contributed by atoms with Crippen LogP contribution in [0, 0.1) is 6.92 Å². The average Bonchev–Trinajstić information content (AvgIpc) is 2.59. The predicted octanol–water partition coefficient (Wildman–Crippen LogP) is 2.56. The molecule has 0 spiro atoms. The number of rotatable bonds is 9. The van der Waals surface area contributed by atoms with Crippen molar-refractivity contribution in [3.63, 3.8) is 0 Å². The van der Waals surface area contributed by atoms with Gasteiger partial charge in [0.05, 0.1) is 23.9 Å². The highest BCUT2D eigenvalue weighted by molar-refractivity contribution is 7.92. The van der Waals surface area contributed by atoms with Crippen LogP contribution >= 0.6 is 0 Å². The molecule has 7 nitrogen and oxygen atoms in total. The van der Waals surface area contributed by atoms with Gasteiger partial charge in [-0.15, -0.1) is 0 Å². The predicted molar refractivity (Wildman–Crippen MR) is 104 cm³/mol. The van der Waals surface area contributed by atoms with E-state index in [-0.39, 0.29) is 4.90 Å². The molecule has 0 atom stereocenters. The van der Waals surface area contributed by atoms with Crippen molar-refractivity contribution in [2.75, 3.05) is 44.3 Å². The lowest BCUT2D eigenvalue weighted by molar-refractivity contribution is 0.405. The van der Waals surface area contributed by atoms with Crippen LogP contribution in [-0.2, 0) is 10.0 Å². The summed E-state index contributed by atoms with van der Waals surface area (Å²) in [4.78, 5) is 6.58. The third-order valence-electron chi connectivity index (χ3n) is 3.78. The minimum absolute atomic E-state index is 0.212. The number of hydrogen-bond donors (Lipinski definition) is 2. The number of anilines is 2. The van der Waals surface area contributed by atoms with Gasteiger partial charge in [-0.2, -0.15) is 0 Å². The van der Waals surface area contributed by atoms with E-state index in [0.717, 1.165) is 19.5 Å². The van der Waals surface area contributed by atoms with Crippen LogP contribution in [-0.4, -0.2) is 52.6 Å². The monoisotopic (exact) mass is 378 g/mol. The first-order valence-corrected chi connectivity index (χ1v) is 9.82. The molecule has 0 radical (unpaired) electrons. The van der Waals surface area contributed by atoms with E-state index in [1.807, 2.05) is 14.1 Å². The summed E-state index contributed by atoms with van der Waals surface area (Å²) in [6.07, 6.45) is 2.50. The van der Waals surface area contributed by atoms with E-state index >= 15 is 0 Å². The summed E-state index contributed by atoms with van der Waals surface area (Å²) in [5.41, 5.74) is 1.03. The highest BCUT2D eigenvalue weighted by atomic mass is 32.2. The minimum Gasteiger partial charge on any atom is -0.497 e. The van der Waals surface area contributed by atoms with Crippen molar-refractivity contribution < 1.29 is 13.2 Å². The molecule has 1 heterocycles. The third kappa shape index (κ3) is 5.60. The van der Waals surface area contributed by atoms with Gasteiger partial charge < -0.3 is 15.0 Å². The van der Waals surface area contributed by atoms with Gasteiger partial charge >= 0.3 is 0 Å². The second-order valence-electron chi connectivity index (χ2n) is 6.25. The number of benzene rings is 1. The Bertz CT molecular complexity index is 821. The number of pyridine rings is 1. The number of ether oxygens (including phenoxy) is 1. The quantitative estimate of drug-likeness (QED) is 0.653. The topological polar surface area (TPSA) is 83.6 Å². The highest BCUT2D eigenvalue weighted by Crippen LogP contribution is 2.23. The first kappa shape index (κ1) is 20.0. The van der Waals surface area contributed by atoms with Gasteiger partial charge in [0.1, 0.15) is 11.6 Å². The molecule has 1 aromatic carbocycles. The second-order valence-corrected chi connectivity index (χ2v) is 7.90. The molecule has 0 saturated carbocycles. The number of methoxy groups -OCH3 is 1. The molecule has 2 N–H and O–H groups in total. The molecule has 142 valence electrons. The second kappa shape index (κ2) is 8.86. The minimum atomic E-state index is -3.68. The Morgan fingerprint density at radius 1 is 1.19 bits per heavy atom. The molecule has 0 aliphatic heterocycles. The summed E-state index contributed by atoms with van der Waals surface area (Å²) >= 11 is 0. The third-order valence-corrected chi connectivity index (χ3v) is 5.32. The van der Waals surface area contributed by atoms with Crippen LogP contribution in [0.3, 0.4) is 0 Å². The lowest BCUT2D eigenvalue weighted by atomic mass is 10.2. The molecule has 0 unspecified atom stereocenters. The van der Waals surface area contributed by atoms with Crippen LogP contribution in [0.5, 0.6) is 5.75 Å². The largest absolute Gasteiger partial charge is 0.497 e. The van der Waals surface area contributed by atoms with Crippen LogP contribution in [0.15, 0.2) is 41.4 Å². The Balaban J connectivity index is 2.01. The number of aromatic nitrogens is 1. The smallest absolute Gasteiger partial charge is 0.262 e. The Labute approximate surface area is 155 Å². The molecule has 0 fully saturated rings. The molecular weight excluding hydrogens is 352 g/mol. The molecule has 2 aromatic rings. The van der Waals surface area contributed by atoms with E-state index in [1.54, 1.807) is 38.3 Å². The van der Waals surface area contributed by atoms with E-state index in [1.165, 1.54) is 12.3 Å². The Morgan fingerprint density at radius 2 is 1.96 bits per heavy atom. The lowest BCUT2D eigenvalue weighted by Crippen LogP contribution is -2.17. The van der Waals surface area contributed by atoms with Gasteiger partial charge in [0.15, 0.2) is 0 Å². The summed E-state index contributed by atoms with van der Waals surface area (Å²) in [5, 5.41) is 3.21. The summed E-state index contributed by atoms with van der Waals surface area (Å²) in [5.74, 6) is 1.33. The van der Waals surface area contributed by atoms with Crippen LogP contribution < -0.4 is 14.8 Å². The summed E-state index contributed by atoms with van der Waals surface area (Å²) in [6, 6.07) is 8.30. The molecule has 0 aliphatic rings. The maximum Gasteiger partial charge on any atom is 0.262 e. The van der Waals surface area contributed by atoms with Crippen LogP contribution in [0.4, 0.5) is 11.5 Å². The highest BCUT2D eigenvalue weighted by Gasteiger charge is 2.17.